The summed E-state index contributed by atoms with van der Waals surface area (Å²) >= 11 is 0. The molecule has 0 aliphatic carbocycles. The number of hydrogen-bond donors (Lipinski definition) is 2. The highest BCUT2D eigenvalue weighted by atomic mass is 16.5. The summed E-state index contributed by atoms with van der Waals surface area (Å²) in [6.07, 6.45) is 0. The lowest BCUT2D eigenvalue weighted by Gasteiger charge is -2.38. The number of carbonyl (C=O) groups excluding carboxylic acids is 1. The number of hydrazine groups is 1. The lowest BCUT2D eigenvalue weighted by atomic mass is 10.2. The first-order valence-electron chi connectivity index (χ1n) is 6.69. The molecule has 0 aromatic carbocycles. The first-order chi connectivity index (χ1) is 9.08. The van der Waals surface area contributed by atoms with Gasteiger partial charge in [0, 0.05) is 46.4 Å². The Balaban J connectivity index is 2.39. The molecule has 7 heteroatoms. The van der Waals surface area contributed by atoms with Crippen LogP contribution >= 0.6 is 0 Å². The number of ether oxygens (including phenoxy) is 1. The van der Waals surface area contributed by atoms with Crippen molar-refractivity contribution in [1.29, 1.82) is 0 Å². The zero-order valence-electron chi connectivity index (χ0n) is 12.3. The molecule has 1 rings (SSSR count). The maximum Gasteiger partial charge on any atom is 0.253 e. The van der Waals surface area contributed by atoms with E-state index in [1.54, 1.807) is 7.11 Å². The highest BCUT2D eigenvalue weighted by Gasteiger charge is 2.28. The quantitative estimate of drug-likeness (QED) is 0.323. The fourth-order valence-electron chi connectivity index (χ4n) is 2.24. The van der Waals surface area contributed by atoms with Gasteiger partial charge in [0.05, 0.1) is 6.61 Å². The highest BCUT2D eigenvalue weighted by Crippen LogP contribution is 2.07. The molecule has 0 spiro atoms. The zero-order chi connectivity index (χ0) is 14.3. The Hall–Kier alpha value is -0.730. The molecule has 112 valence electrons. The van der Waals surface area contributed by atoms with Crippen molar-refractivity contribution in [1.82, 2.24) is 20.1 Å². The molecule has 1 heterocycles. The number of nitrogens with one attached hydrogen (secondary N) is 1. The molecule has 0 aromatic heterocycles. The van der Waals surface area contributed by atoms with Gasteiger partial charge in [-0.1, -0.05) is 0 Å². The maximum absolute atomic E-state index is 11.7. The molecule has 0 saturated carbocycles. The molecular formula is C12H27N5O2. The second-order valence-electron chi connectivity index (χ2n) is 5.16. The van der Waals surface area contributed by atoms with Gasteiger partial charge in [-0.2, -0.15) is 0 Å². The van der Waals surface area contributed by atoms with Crippen LogP contribution in [0.1, 0.15) is 0 Å². The molecule has 0 aromatic rings. The van der Waals surface area contributed by atoms with E-state index in [0.717, 1.165) is 39.3 Å². The number of hydrogen-bond acceptors (Lipinski definition) is 6. The summed E-state index contributed by atoms with van der Waals surface area (Å²) in [6, 6.07) is -0.286. The van der Waals surface area contributed by atoms with Crippen LogP contribution in [-0.2, 0) is 9.53 Å². The molecule has 0 bridgehead atoms. The van der Waals surface area contributed by atoms with Gasteiger partial charge in [0.15, 0.2) is 0 Å². The second-order valence-corrected chi connectivity index (χ2v) is 5.16. The van der Waals surface area contributed by atoms with E-state index in [1.165, 1.54) is 0 Å². The van der Waals surface area contributed by atoms with Crippen molar-refractivity contribution in [3.8, 4) is 0 Å². The summed E-state index contributed by atoms with van der Waals surface area (Å²) in [5, 5.41) is 0. The van der Waals surface area contributed by atoms with Crippen molar-refractivity contribution in [2.45, 2.75) is 6.04 Å². The van der Waals surface area contributed by atoms with E-state index in [9.17, 15) is 4.79 Å². The van der Waals surface area contributed by atoms with E-state index in [1.807, 2.05) is 0 Å². The minimum absolute atomic E-state index is 0.177. The van der Waals surface area contributed by atoms with Gasteiger partial charge in [-0.05, 0) is 14.1 Å². The molecule has 19 heavy (non-hydrogen) atoms. The van der Waals surface area contributed by atoms with Crippen molar-refractivity contribution >= 4 is 5.91 Å². The molecule has 1 aliphatic rings. The van der Waals surface area contributed by atoms with Crippen LogP contribution in [0.3, 0.4) is 0 Å². The van der Waals surface area contributed by atoms with Crippen molar-refractivity contribution in [2.24, 2.45) is 5.84 Å². The molecule has 3 N–H and O–H groups in total. The van der Waals surface area contributed by atoms with Crippen molar-refractivity contribution in [2.75, 3.05) is 67.1 Å². The predicted molar refractivity (Wildman–Crippen MR) is 74.6 cm³/mol. The summed E-state index contributed by atoms with van der Waals surface area (Å²) in [5.74, 6) is 5.04. The van der Waals surface area contributed by atoms with Crippen molar-refractivity contribution in [3.05, 3.63) is 0 Å². The van der Waals surface area contributed by atoms with Crippen LogP contribution in [-0.4, -0.2) is 93.7 Å². The van der Waals surface area contributed by atoms with Crippen LogP contribution < -0.4 is 11.3 Å². The van der Waals surface area contributed by atoms with Gasteiger partial charge in [0.25, 0.3) is 5.91 Å². The standard InChI is InChI=1S/C12H27N5O2/c1-15(2)4-5-16-6-8-17(9-7-16)11(10-19-3)12(18)14-13/h11H,4-10,13H2,1-3H3,(H,14,18). The number of piperazine rings is 1. The minimum Gasteiger partial charge on any atom is -0.383 e. The minimum atomic E-state index is -0.286. The largest absolute Gasteiger partial charge is 0.383 e. The van der Waals surface area contributed by atoms with Gasteiger partial charge in [0.1, 0.15) is 6.04 Å². The van der Waals surface area contributed by atoms with E-state index >= 15 is 0 Å². The number of nitrogens with zero attached hydrogens (tertiary/aromatic N) is 3. The second kappa shape index (κ2) is 8.44. The third-order valence-corrected chi connectivity index (χ3v) is 3.48. The van der Waals surface area contributed by atoms with Gasteiger partial charge < -0.3 is 9.64 Å². The summed E-state index contributed by atoms with van der Waals surface area (Å²) in [7, 11) is 5.76. The first-order valence-corrected chi connectivity index (χ1v) is 6.69. The van der Waals surface area contributed by atoms with Crippen molar-refractivity contribution < 1.29 is 9.53 Å². The normalized spacial score (nSPS) is 19.6. The zero-order valence-corrected chi connectivity index (χ0v) is 12.3. The first kappa shape index (κ1) is 16.3. The molecule has 0 radical (unpaired) electrons. The SMILES string of the molecule is COCC(C(=O)NN)N1CCN(CCN(C)C)CC1. The Morgan fingerprint density at radius 3 is 2.47 bits per heavy atom. The van der Waals surface area contributed by atoms with E-state index in [2.05, 4.69) is 34.2 Å². The maximum atomic E-state index is 11.7. The topological polar surface area (TPSA) is 74.1 Å². The van der Waals surface area contributed by atoms with E-state index < -0.39 is 0 Å². The number of rotatable bonds is 7. The Bertz CT molecular complexity index is 267. The van der Waals surface area contributed by atoms with E-state index in [4.69, 9.17) is 10.6 Å². The molecule has 1 fully saturated rings. The molecular weight excluding hydrogens is 246 g/mol. The smallest absolute Gasteiger partial charge is 0.253 e. The van der Waals surface area contributed by atoms with Crippen LogP contribution in [0.25, 0.3) is 0 Å². The number of likely N-dealkylation sites (N-methyl/N-ethyl adjacent to an activating group) is 1. The summed E-state index contributed by atoms with van der Waals surface area (Å²) < 4.78 is 5.11. The van der Waals surface area contributed by atoms with Crippen LogP contribution in [0.15, 0.2) is 0 Å². The highest BCUT2D eigenvalue weighted by molar-refractivity contribution is 5.81. The lowest BCUT2D eigenvalue weighted by molar-refractivity contribution is -0.129. The summed E-state index contributed by atoms with van der Waals surface area (Å²) in [6.45, 7) is 6.20. The Labute approximate surface area is 115 Å². The van der Waals surface area contributed by atoms with Crippen LogP contribution in [0.4, 0.5) is 0 Å². The molecule has 1 amide bonds. The summed E-state index contributed by atoms with van der Waals surface area (Å²) in [4.78, 5) is 18.5. The van der Waals surface area contributed by atoms with Crippen LogP contribution in [0, 0.1) is 0 Å². The van der Waals surface area contributed by atoms with E-state index in [0.29, 0.717) is 6.61 Å². The Morgan fingerprint density at radius 2 is 2.00 bits per heavy atom. The van der Waals surface area contributed by atoms with Gasteiger partial charge in [-0.25, -0.2) is 5.84 Å². The van der Waals surface area contributed by atoms with E-state index in [-0.39, 0.29) is 11.9 Å². The van der Waals surface area contributed by atoms with Gasteiger partial charge >= 0.3 is 0 Å². The Kier molecular flexibility index (Phi) is 7.25. The number of methoxy groups -OCH3 is 1. The number of amides is 1. The summed E-state index contributed by atoms with van der Waals surface area (Å²) in [5.41, 5.74) is 2.22. The average molecular weight is 273 g/mol. The molecule has 7 nitrogen and oxygen atoms in total. The molecule has 1 atom stereocenters. The lowest BCUT2D eigenvalue weighted by Crippen LogP contribution is -2.57. The van der Waals surface area contributed by atoms with Gasteiger partial charge in [-0.15, -0.1) is 0 Å². The van der Waals surface area contributed by atoms with Gasteiger partial charge in [0.2, 0.25) is 0 Å². The van der Waals surface area contributed by atoms with Crippen LogP contribution in [0.5, 0.6) is 0 Å². The third-order valence-electron chi connectivity index (χ3n) is 3.48. The third kappa shape index (κ3) is 5.42. The van der Waals surface area contributed by atoms with Crippen molar-refractivity contribution in [3.63, 3.8) is 0 Å². The fourth-order valence-corrected chi connectivity index (χ4v) is 2.24. The number of nitrogens with two attached hydrogens (primary N) is 1. The van der Waals surface area contributed by atoms with Gasteiger partial charge in [-0.3, -0.25) is 20.0 Å². The monoisotopic (exact) mass is 273 g/mol. The molecule has 1 saturated heterocycles. The average Bonchev–Trinajstić information content (AvgIpc) is 2.42. The predicted octanol–water partition coefficient (Wildman–Crippen LogP) is -1.83. The Morgan fingerprint density at radius 1 is 1.37 bits per heavy atom. The van der Waals surface area contributed by atoms with Crippen LogP contribution in [0.2, 0.25) is 0 Å². The molecule has 1 unspecified atom stereocenters. The molecule has 1 aliphatic heterocycles. The fraction of sp³-hybridized carbons (Fsp3) is 0.917. The number of carbonyl (C=O) groups is 1.